The van der Waals surface area contributed by atoms with E-state index in [2.05, 4.69) is 24.3 Å². The molecular formula is C18H27FN2O2. The average Bonchev–Trinajstić information content (AvgIpc) is 2.48. The maximum absolute atomic E-state index is 13.1. The molecule has 128 valence electrons. The highest BCUT2D eigenvalue weighted by molar-refractivity contribution is 5.77. The van der Waals surface area contributed by atoms with Gasteiger partial charge in [-0.15, -0.1) is 0 Å². The second kappa shape index (κ2) is 8.41. The Kier molecular flexibility index (Phi) is 6.54. The number of aliphatic hydroxyl groups is 1. The number of hydrogen-bond donors (Lipinski definition) is 2. The monoisotopic (exact) mass is 322 g/mol. The van der Waals surface area contributed by atoms with Crippen LogP contribution in [0.1, 0.15) is 43.8 Å². The van der Waals surface area contributed by atoms with Crippen LogP contribution in [0.2, 0.25) is 0 Å². The average molecular weight is 322 g/mol. The zero-order valence-corrected chi connectivity index (χ0v) is 14.0. The first-order chi connectivity index (χ1) is 10.9. The largest absolute Gasteiger partial charge is 0.388 e. The summed E-state index contributed by atoms with van der Waals surface area (Å²) in [6.45, 7) is 1.10. The van der Waals surface area contributed by atoms with Gasteiger partial charge in [0.25, 0.3) is 0 Å². The van der Waals surface area contributed by atoms with Crippen molar-refractivity contribution in [3.05, 3.63) is 35.6 Å². The molecule has 5 heteroatoms. The van der Waals surface area contributed by atoms with E-state index in [1.54, 1.807) is 6.07 Å². The van der Waals surface area contributed by atoms with Gasteiger partial charge in [-0.1, -0.05) is 12.1 Å². The molecule has 0 saturated heterocycles. The van der Waals surface area contributed by atoms with E-state index >= 15 is 0 Å². The lowest BCUT2D eigenvalue weighted by molar-refractivity contribution is -0.124. The number of carbonyl (C=O) groups excluding carboxylic acids is 1. The maximum Gasteiger partial charge on any atom is 0.223 e. The molecule has 0 aromatic heterocycles. The first kappa shape index (κ1) is 17.9. The minimum absolute atomic E-state index is 0.0267. The first-order valence-electron chi connectivity index (χ1n) is 8.31. The van der Waals surface area contributed by atoms with E-state index in [0.29, 0.717) is 11.5 Å². The molecule has 0 heterocycles. The van der Waals surface area contributed by atoms with E-state index in [0.717, 1.165) is 32.2 Å². The van der Waals surface area contributed by atoms with Crippen molar-refractivity contribution in [1.82, 2.24) is 10.2 Å². The molecule has 0 radical (unpaired) electrons. The second-order valence-corrected chi connectivity index (χ2v) is 6.82. The van der Waals surface area contributed by atoms with E-state index in [1.165, 1.54) is 18.2 Å². The molecule has 1 unspecified atom stereocenters. The lowest BCUT2D eigenvalue weighted by Crippen LogP contribution is -2.39. The molecule has 1 aromatic carbocycles. The van der Waals surface area contributed by atoms with Crippen LogP contribution in [0.5, 0.6) is 0 Å². The molecule has 0 spiro atoms. The van der Waals surface area contributed by atoms with Crippen LogP contribution in [0.15, 0.2) is 24.3 Å². The standard InChI is InChI=1S/C18H27FN2O2/c1-21(2)12-13-6-8-16(9-7-13)20-18(23)11-17(22)14-4-3-5-15(19)10-14/h3-5,10,13,16-17,22H,6-9,11-12H2,1-2H3,(H,20,23). The molecule has 23 heavy (non-hydrogen) atoms. The summed E-state index contributed by atoms with van der Waals surface area (Å²) >= 11 is 0. The summed E-state index contributed by atoms with van der Waals surface area (Å²) in [7, 11) is 4.17. The lowest BCUT2D eigenvalue weighted by atomic mass is 9.85. The van der Waals surface area contributed by atoms with E-state index in [-0.39, 0.29) is 18.4 Å². The predicted molar refractivity (Wildman–Crippen MR) is 88.4 cm³/mol. The molecule has 1 aromatic rings. The third-order valence-corrected chi connectivity index (χ3v) is 4.45. The molecule has 1 aliphatic rings. The molecule has 1 aliphatic carbocycles. The summed E-state index contributed by atoms with van der Waals surface area (Å²) in [5.74, 6) is 0.134. The van der Waals surface area contributed by atoms with E-state index in [1.807, 2.05) is 0 Å². The van der Waals surface area contributed by atoms with Gasteiger partial charge in [0.1, 0.15) is 5.82 Å². The highest BCUT2D eigenvalue weighted by Crippen LogP contribution is 2.25. The van der Waals surface area contributed by atoms with E-state index in [9.17, 15) is 14.3 Å². The van der Waals surface area contributed by atoms with Crippen LogP contribution in [-0.4, -0.2) is 42.6 Å². The van der Waals surface area contributed by atoms with Gasteiger partial charge >= 0.3 is 0 Å². The summed E-state index contributed by atoms with van der Waals surface area (Å²) in [4.78, 5) is 14.3. The van der Waals surface area contributed by atoms with Gasteiger partial charge in [-0.2, -0.15) is 0 Å². The zero-order chi connectivity index (χ0) is 16.8. The fourth-order valence-electron chi connectivity index (χ4n) is 3.30. The van der Waals surface area contributed by atoms with Crippen molar-refractivity contribution in [2.24, 2.45) is 5.92 Å². The number of rotatable bonds is 6. The maximum atomic E-state index is 13.1. The van der Waals surface area contributed by atoms with Crippen LogP contribution in [0.3, 0.4) is 0 Å². The van der Waals surface area contributed by atoms with Crippen molar-refractivity contribution in [2.45, 2.75) is 44.2 Å². The van der Waals surface area contributed by atoms with Gasteiger partial charge in [0.15, 0.2) is 0 Å². The molecule has 1 amide bonds. The Morgan fingerprint density at radius 3 is 2.65 bits per heavy atom. The Morgan fingerprint density at radius 2 is 2.04 bits per heavy atom. The Hall–Kier alpha value is -1.46. The molecular weight excluding hydrogens is 295 g/mol. The molecule has 1 fully saturated rings. The second-order valence-electron chi connectivity index (χ2n) is 6.82. The van der Waals surface area contributed by atoms with Gasteiger partial charge in [0.2, 0.25) is 5.91 Å². The van der Waals surface area contributed by atoms with Crippen LogP contribution in [-0.2, 0) is 4.79 Å². The van der Waals surface area contributed by atoms with E-state index < -0.39 is 11.9 Å². The number of benzene rings is 1. The summed E-state index contributed by atoms with van der Waals surface area (Å²) in [6.07, 6.45) is 3.23. The molecule has 0 bridgehead atoms. The van der Waals surface area contributed by atoms with Gasteiger partial charge in [0, 0.05) is 12.6 Å². The number of amides is 1. The molecule has 2 N–H and O–H groups in total. The highest BCUT2D eigenvalue weighted by atomic mass is 19.1. The van der Waals surface area contributed by atoms with Crippen molar-refractivity contribution in [3.63, 3.8) is 0 Å². The van der Waals surface area contributed by atoms with Gasteiger partial charge < -0.3 is 15.3 Å². The summed E-state index contributed by atoms with van der Waals surface area (Å²) in [5, 5.41) is 13.1. The predicted octanol–water partition coefficient (Wildman–Crippen LogP) is 2.49. The number of nitrogens with zero attached hydrogens (tertiary/aromatic N) is 1. The summed E-state index contributed by atoms with van der Waals surface area (Å²) in [6, 6.07) is 5.96. The normalized spacial score (nSPS) is 22.8. The Bertz CT molecular complexity index is 513. The van der Waals surface area contributed by atoms with Crippen molar-refractivity contribution < 1.29 is 14.3 Å². The SMILES string of the molecule is CN(C)CC1CCC(NC(=O)CC(O)c2cccc(F)c2)CC1. The highest BCUT2D eigenvalue weighted by Gasteiger charge is 2.23. The zero-order valence-electron chi connectivity index (χ0n) is 14.0. The van der Waals surface area contributed by atoms with Crippen molar-refractivity contribution >= 4 is 5.91 Å². The van der Waals surface area contributed by atoms with Gasteiger partial charge in [-0.05, 0) is 63.4 Å². The third-order valence-electron chi connectivity index (χ3n) is 4.45. The quantitative estimate of drug-likeness (QED) is 0.846. The minimum atomic E-state index is -0.962. The fourth-order valence-corrected chi connectivity index (χ4v) is 3.30. The molecule has 4 nitrogen and oxygen atoms in total. The van der Waals surface area contributed by atoms with Crippen LogP contribution < -0.4 is 5.32 Å². The molecule has 2 rings (SSSR count). The van der Waals surface area contributed by atoms with Crippen LogP contribution in [0, 0.1) is 11.7 Å². The molecule has 1 atom stereocenters. The third kappa shape index (κ3) is 5.92. The Morgan fingerprint density at radius 1 is 1.35 bits per heavy atom. The van der Waals surface area contributed by atoms with Crippen molar-refractivity contribution in [2.75, 3.05) is 20.6 Å². The Labute approximate surface area is 137 Å². The van der Waals surface area contributed by atoms with Crippen LogP contribution in [0.4, 0.5) is 4.39 Å². The van der Waals surface area contributed by atoms with Crippen molar-refractivity contribution in [3.8, 4) is 0 Å². The van der Waals surface area contributed by atoms with E-state index in [4.69, 9.17) is 0 Å². The number of hydrogen-bond acceptors (Lipinski definition) is 3. The number of carbonyl (C=O) groups is 1. The number of aliphatic hydroxyl groups excluding tert-OH is 1. The lowest BCUT2D eigenvalue weighted by Gasteiger charge is -2.30. The van der Waals surface area contributed by atoms with Crippen molar-refractivity contribution in [1.29, 1.82) is 0 Å². The van der Waals surface area contributed by atoms with Crippen LogP contribution in [0.25, 0.3) is 0 Å². The Balaban J connectivity index is 1.75. The van der Waals surface area contributed by atoms with Gasteiger partial charge in [0.05, 0.1) is 12.5 Å². The van der Waals surface area contributed by atoms with Gasteiger partial charge in [-0.3, -0.25) is 4.79 Å². The molecule has 1 saturated carbocycles. The summed E-state index contributed by atoms with van der Waals surface area (Å²) in [5.41, 5.74) is 0.440. The molecule has 0 aliphatic heterocycles. The first-order valence-corrected chi connectivity index (χ1v) is 8.31. The summed E-state index contributed by atoms with van der Waals surface area (Å²) < 4.78 is 13.1. The number of halogens is 1. The minimum Gasteiger partial charge on any atom is -0.388 e. The van der Waals surface area contributed by atoms with Gasteiger partial charge in [-0.25, -0.2) is 4.39 Å². The fraction of sp³-hybridized carbons (Fsp3) is 0.611. The van der Waals surface area contributed by atoms with Crippen LogP contribution >= 0.6 is 0 Å². The number of nitrogens with one attached hydrogen (secondary N) is 1. The smallest absolute Gasteiger partial charge is 0.223 e. The topological polar surface area (TPSA) is 52.6 Å².